The van der Waals surface area contributed by atoms with Crippen LogP contribution in [0.4, 0.5) is 0 Å². The molecule has 11 N–H and O–H groups in total. The summed E-state index contributed by atoms with van der Waals surface area (Å²) in [7, 11) is 0. The van der Waals surface area contributed by atoms with E-state index in [1.54, 1.807) is 19.9 Å². The predicted octanol–water partition coefficient (Wildman–Crippen LogP) is 0.0999. The molecule has 18 nitrogen and oxygen atoms in total. The highest BCUT2D eigenvalue weighted by Crippen LogP contribution is 2.74. The highest BCUT2D eigenvalue weighted by Gasteiger charge is 2.72. The molecule has 0 radical (unpaired) electrons. The van der Waals surface area contributed by atoms with Gasteiger partial charge in [0.25, 0.3) is 0 Å². The quantitative estimate of drug-likeness (QED) is 0.116. The van der Waals surface area contributed by atoms with E-state index >= 15 is 4.79 Å². The third kappa shape index (κ3) is 8.83. The lowest BCUT2D eigenvalue weighted by atomic mass is 9.38. The molecule has 66 heavy (non-hydrogen) atoms. The summed E-state index contributed by atoms with van der Waals surface area (Å²) in [6.45, 7) is 16.1. The average molecular weight is 943 g/mol. The number of hydrogen-bond acceptors (Lipinski definition) is 18. The number of aliphatic hydroxyl groups is 11. The third-order valence-corrected chi connectivity index (χ3v) is 17.7. The van der Waals surface area contributed by atoms with Crippen LogP contribution in [0.5, 0.6) is 0 Å². The summed E-state index contributed by atoms with van der Waals surface area (Å²) < 4.78 is 36.1. The van der Waals surface area contributed by atoms with E-state index in [4.69, 9.17) is 28.4 Å². The summed E-state index contributed by atoms with van der Waals surface area (Å²) >= 11 is 0. The topological polar surface area (TPSA) is 295 Å². The molecular weight excluding hydrogens is 865 g/mol. The molecule has 0 aromatic heterocycles. The number of rotatable bonds is 12. The van der Waals surface area contributed by atoms with E-state index in [1.807, 2.05) is 26.8 Å². The molecule has 3 saturated carbocycles. The maximum atomic E-state index is 15.0. The normalized spacial score (nSPS) is 50.6. The molecule has 0 aromatic rings. The monoisotopic (exact) mass is 943 g/mol. The summed E-state index contributed by atoms with van der Waals surface area (Å²) in [4.78, 5) is 15.0. The van der Waals surface area contributed by atoms with Crippen molar-refractivity contribution >= 4 is 5.78 Å². The number of Topliss-reactive ketones (excluding diaryl/α,β-unsaturated/α-hetero) is 1. The van der Waals surface area contributed by atoms with Gasteiger partial charge in [-0.3, -0.25) is 4.79 Å². The molecule has 0 aromatic carbocycles. The van der Waals surface area contributed by atoms with E-state index in [9.17, 15) is 56.2 Å². The first kappa shape index (κ1) is 52.3. The SMILES string of the molecule is C[C@@H]1O[C@@H](O[C@H]2[C@H](OC3CCC4C(=CCC5C4(C)C(=O)CC4(C)C(C(C)(O)C/C=C/C(C)(C)O)CCC54C)C3(C)C)O[C@H](CO[C@@H]3O[C@H](CO)[C@@H](O)[C@H](O)[C@H]3O)[C@@H](O)[C@@H]2O)[C@H](O)[C@H](O)[C@H]1O. The second-order valence-electron chi connectivity index (χ2n) is 22.7. The van der Waals surface area contributed by atoms with Crippen molar-refractivity contribution in [2.24, 2.45) is 39.4 Å². The number of aliphatic hydroxyl groups excluding tert-OH is 9. The Hall–Kier alpha value is -1.53. The molecule has 378 valence electrons. The fraction of sp³-hybridized carbons (Fsp3) is 0.896. The van der Waals surface area contributed by atoms with Crippen LogP contribution in [0.3, 0.4) is 0 Å². The number of ketones is 1. The van der Waals surface area contributed by atoms with Crippen molar-refractivity contribution in [1.29, 1.82) is 0 Å². The fourth-order valence-corrected chi connectivity index (χ4v) is 13.5. The Bertz CT molecular complexity index is 1800. The van der Waals surface area contributed by atoms with Gasteiger partial charge in [0.05, 0.1) is 36.6 Å². The minimum absolute atomic E-state index is 0.00952. The molecule has 18 heteroatoms. The molecule has 0 spiro atoms. The van der Waals surface area contributed by atoms with Crippen LogP contribution in [-0.4, -0.2) is 185 Å². The minimum Gasteiger partial charge on any atom is -0.394 e. The predicted molar refractivity (Wildman–Crippen MR) is 233 cm³/mol. The standard InChI is InChI=1S/C48H78O18/c1-22-31(51)34(54)38(58)41(62-22)66-39-36(56)33(53)26(21-61-40-37(57)35(55)32(52)25(20-49)63-40)64-42(39)65-30-14-12-24-23(44(30,4)5)11-13-28-45(6)18-15-27(46(45,7)19-29(50)48(24,28)9)47(8,60)17-10-16-43(2,3)59/h10-11,16,22,24-28,30-42,49,51-60H,12-15,17-21H2,1-9H3/b16-10+/t22-,24?,25+,26+,27?,28?,30?,31-,32+,33+,34+,35-,36-,37+,38+,39+,40+,41-,42-,45?,46?,47?,48?/m0/s1. The van der Waals surface area contributed by atoms with Crippen LogP contribution in [0.1, 0.15) is 107 Å². The van der Waals surface area contributed by atoms with E-state index in [0.717, 1.165) is 18.4 Å². The van der Waals surface area contributed by atoms with Crippen molar-refractivity contribution in [2.75, 3.05) is 13.2 Å². The largest absolute Gasteiger partial charge is 0.394 e. The summed E-state index contributed by atoms with van der Waals surface area (Å²) in [6, 6.07) is 0. The Morgan fingerprint density at radius 3 is 2.02 bits per heavy atom. The van der Waals surface area contributed by atoms with Gasteiger partial charge in [-0.05, 0) is 94.8 Å². The van der Waals surface area contributed by atoms with E-state index in [0.29, 0.717) is 32.1 Å². The number of carbonyl (C=O) groups excluding carboxylic acids is 1. The molecule has 7 aliphatic rings. The van der Waals surface area contributed by atoms with Gasteiger partial charge in [0, 0.05) is 17.3 Å². The second-order valence-corrected chi connectivity index (χ2v) is 22.7. The second kappa shape index (κ2) is 18.6. The van der Waals surface area contributed by atoms with E-state index in [-0.39, 0.29) is 29.0 Å². The van der Waals surface area contributed by atoms with Crippen LogP contribution in [-0.2, 0) is 33.2 Å². The smallest absolute Gasteiger partial charge is 0.187 e. The van der Waals surface area contributed by atoms with Crippen molar-refractivity contribution in [2.45, 2.75) is 217 Å². The van der Waals surface area contributed by atoms with Crippen molar-refractivity contribution in [3.05, 3.63) is 23.8 Å². The first-order valence-corrected chi connectivity index (χ1v) is 23.9. The Morgan fingerprint density at radius 1 is 0.742 bits per heavy atom. The summed E-state index contributed by atoms with van der Waals surface area (Å²) in [5, 5.41) is 118. The molecule has 3 heterocycles. The molecule has 7 rings (SSSR count). The zero-order valence-corrected chi connectivity index (χ0v) is 39.8. The maximum absolute atomic E-state index is 15.0. The Balaban J connectivity index is 1.14. The molecule has 8 unspecified atom stereocenters. The molecule has 6 fully saturated rings. The third-order valence-electron chi connectivity index (χ3n) is 17.7. The summed E-state index contributed by atoms with van der Waals surface area (Å²) in [5.74, 6) is -0.127. The van der Waals surface area contributed by atoms with Crippen molar-refractivity contribution in [1.82, 2.24) is 0 Å². The first-order valence-electron chi connectivity index (χ1n) is 23.9. The number of carbonyl (C=O) groups is 1. The fourth-order valence-electron chi connectivity index (χ4n) is 13.5. The van der Waals surface area contributed by atoms with Crippen molar-refractivity contribution in [3.8, 4) is 0 Å². The van der Waals surface area contributed by atoms with Crippen molar-refractivity contribution in [3.63, 3.8) is 0 Å². The van der Waals surface area contributed by atoms with Crippen LogP contribution in [0.2, 0.25) is 0 Å². The van der Waals surface area contributed by atoms with Crippen LogP contribution in [0.25, 0.3) is 0 Å². The van der Waals surface area contributed by atoms with Gasteiger partial charge in [-0.25, -0.2) is 0 Å². The number of fused-ring (bicyclic) bond motifs is 5. The molecule has 0 amide bonds. The molecular formula is C48H78O18. The van der Waals surface area contributed by atoms with Gasteiger partial charge in [-0.15, -0.1) is 0 Å². The van der Waals surface area contributed by atoms with Gasteiger partial charge < -0.3 is 84.6 Å². The lowest BCUT2D eigenvalue weighted by Crippen LogP contribution is -2.66. The highest BCUT2D eigenvalue weighted by molar-refractivity contribution is 5.88. The van der Waals surface area contributed by atoms with Gasteiger partial charge in [-0.2, -0.15) is 0 Å². The maximum Gasteiger partial charge on any atom is 0.187 e. The first-order chi connectivity index (χ1) is 30.5. The Morgan fingerprint density at radius 2 is 1.36 bits per heavy atom. The van der Waals surface area contributed by atoms with E-state index < -0.39 is 139 Å². The van der Waals surface area contributed by atoms with Gasteiger partial charge >= 0.3 is 0 Å². The number of allylic oxidation sites excluding steroid dienone is 1. The molecule has 23 atom stereocenters. The van der Waals surface area contributed by atoms with Crippen LogP contribution < -0.4 is 0 Å². The summed E-state index contributed by atoms with van der Waals surface area (Å²) in [5.41, 5.74) is -3.29. The highest BCUT2D eigenvalue weighted by atomic mass is 16.8. The van der Waals surface area contributed by atoms with Crippen molar-refractivity contribution < 1.29 is 89.4 Å². The molecule has 0 bridgehead atoms. The summed E-state index contributed by atoms with van der Waals surface area (Å²) in [6.07, 6.45) is -14.4. The van der Waals surface area contributed by atoms with Gasteiger partial charge in [0.15, 0.2) is 18.9 Å². The van der Waals surface area contributed by atoms with E-state index in [1.165, 1.54) is 6.92 Å². The average Bonchev–Trinajstić information content (AvgIpc) is 3.51. The zero-order chi connectivity index (χ0) is 48.9. The van der Waals surface area contributed by atoms with Gasteiger partial charge in [0.2, 0.25) is 0 Å². The minimum atomic E-state index is -1.79. The number of ether oxygens (including phenoxy) is 6. The van der Waals surface area contributed by atoms with Gasteiger partial charge in [0.1, 0.15) is 72.9 Å². The van der Waals surface area contributed by atoms with Crippen LogP contribution in [0, 0.1) is 39.4 Å². The lowest BCUT2D eigenvalue weighted by Gasteiger charge is -2.65. The van der Waals surface area contributed by atoms with Gasteiger partial charge in [-0.1, -0.05) is 58.4 Å². The Kier molecular flexibility index (Phi) is 14.7. The molecule has 3 aliphatic heterocycles. The number of hydrogen-bond donors (Lipinski definition) is 11. The van der Waals surface area contributed by atoms with Crippen LogP contribution >= 0.6 is 0 Å². The van der Waals surface area contributed by atoms with E-state index in [2.05, 4.69) is 26.8 Å². The van der Waals surface area contributed by atoms with Crippen LogP contribution in [0.15, 0.2) is 23.8 Å². The molecule has 4 aliphatic carbocycles. The lowest BCUT2D eigenvalue weighted by molar-refractivity contribution is -0.377. The Labute approximate surface area is 387 Å². The zero-order valence-electron chi connectivity index (χ0n) is 39.8. The molecule has 3 saturated heterocycles.